The topological polar surface area (TPSA) is 60.3 Å². The zero-order chi connectivity index (χ0) is 20.2. The van der Waals surface area contributed by atoms with Crippen molar-refractivity contribution in [2.75, 3.05) is 13.7 Å². The number of carbonyl (C=O) groups excluding carboxylic acids is 2. The predicted molar refractivity (Wildman–Crippen MR) is 114 cm³/mol. The smallest absolute Gasteiger partial charge is 0.340 e. The van der Waals surface area contributed by atoms with Crippen LogP contribution >= 0.6 is 0 Å². The molecule has 0 unspecified atom stereocenters. The second-order valence-corrected chi connectivity index (χ2v) is 6.92. The van der Waals surface area contributed by atoms with Gasteiger partial charge in [-0.15, -0.1) is 0 Å². The Bertz CT molecular complexity index is 1190. The maximum Gasteiger partial charge on any atom is 0.340 e. The molecule has 1 heterocycles. The molecule has 4 aromatic rings. The molecular formula is C24H22N2O3. The Kier molecular flexibility index (Phi) is 5.29. The molecule has 0 radical (unpaired) electrons. The normalized spacial score (nSPS) is 10.9. The van der Waals surface area contributed by atoms with Crippen molar-refractivity contribution in [1.82, 2.24) is 9.88 Å². The Labute approximate surface area is 168 Å². The SMILES string of the molecule is COC(=O)c1cn(CC(=O)NCCc2cccc3ccccc23)c2ccccc12. The molecule has 29 heavy (non-hydrogen) atoms. The second kappa shape index (κ2) is 8.19. The van der Waals surface area contributed by atoms with Gasteiger partial charge in [-0.25, -0.2) is 4.79 Å². The molecule has 0 fully saturated rings. The van der Waals surface area contributed by atoms with Gasteiger partial charge in [0.15, 0.2) is 0 Å². The Morgan fingerprint density at radius 2 is 1.66 bits per heavy atom. The first-order valence-corrected chi connectivity index (χ1v) is 9.57. The average Bonchev–Trinajstić information content (AvgIpc) is 3.12. The van der Waals surface area contributed by atoms with Crippen LogP contribution in [0.25, 0.3) is 21.7 Å². The Morgan fingerprint density at radius 1 is 0.931 bits per heavy atom. The van der Waals surface area contributed by atoms with E-state index >= 15 is 0 Å². The minimum atomic E-state index is -0.406. The highest BCUT2D eigenvalue weighted by Gasteiger charge is 2.16. The molecule has 146 valence electrons. The number of nitrogens with zero attached hydrogens (tertiary/aromatic N) is 1. The van der Waals surface area contributed by atoms with E-state index in [4.69, 9.17) is 4.74 Å². The third-order valence-corrected chi connectivity index (χ3v) is 5.10. The van der Waals surface area contributed by atoms with Gasteiger partial charge in [0.25, 0.3) is 0 Å². The standard InChI is InChI=1S/C24H22N2O3/c1-29-24(28)21-15-26(22-12-5-4-11-20(21)22)16-23(27)25-14-13-18-9-6-8-17-7-2-3-10-19(17)18/h2-12,15H,13-14,16H2,1H3,(H,25,27). The lowest BCUT2D eigenvalue weighted by Crippen LogP contribution is -2.29. The highest BCUT2D eigenvalue weighted by molar-refractivity contribution is 6.04. The average molecular weight is 386 g/mol. The van der Waals surface area contributed by atoms with E-state index in [0.29, 0.717) is 12.1 Å². The molecule has 1 amide bonds. The van der Waals surface area contributed by atoms with Crippen molar-refractivity contribution in [3.8, 4) is 0 Å². The van der Waals surface area contributed by atoms with E-state index in [1.54, 1.807) is 10.8 Å². The minimum Gasteiger partial charge on any atom is -0.465 e. The third-order valence-electron chi connectivity index (χ3n) is 5.10. The second-order valence-electron chi connectivity index (χ2n) is 6.92. The number of esters is 1. The number of ether oxygens (including phenoxy) is 1. The summed E-state index contributed by atoms with van der Waals surface area (Å²) in [5.74, 6) is -0.501. The largest absolute Gasteiger partial charge is 0.465 e. The van der Waals surface area contributed by atoms with Gasteiger partial charge in [-0.2, -0.15) is 0 Å². The molecule has 3 aromatic carbocycles. The number of aromatic nitrogens is 1. The fourth-order valence-electron chi connectivity index (χ4n) is 3.71. The number of methoxy groups -OCH3 is 1. The van der Waals surface area contributed by atoms with E-state index in [1.165, 1.54) is 23.4 Å². The number of hydrogen-bond acceptors (Lipinski definition) is 3. The molecular weight excluding hydrogens is 364 g/mol. The zero-order valence-corrected chi connectivity index (χ0v) is 16.2. The number of rotatable bonds is 6. The molecule has 0 spiro atoms. The highest BCUT2D eigenvalue weighted by atomic mass is 16.5. The quantitative estimate of drug-likeness (QED) is 0.511. The van der Waals surface area contributed by atoms with Gasteiger partial charge < -0.3 is 14.6 Å². The van der Waals surface area contributed by atoms with Crippen molar-refractivity contribution in [1.29, 1.82) is 0 Å². The molecule has 0 saturated carbocycles. The monoisotopic (exact) mass is 386 g/mol. The van der Waals surface area contributed by atoms with Crippen LogP contribution in [0.4, 0.5) is 0 Å². The molecule has 4 rings (SSSR count). The summed E-state index contributed by atoms with van der Waals surface area (Å²) in [6.07, 6.45) is 2.44. The van der Waals surface area contributed by atoms with Crippen molar-refractivity contribution in [3.63, 3.8) is 0 Å². The first kappa shape index (κ1) is 18.7. The predicted octanol–water partition coefficient (Wildman–Crippen LogP) is 3.94. The first-order chi connectivity index (χ1) is 14.2. The molecule has 0 saturated heterocycles. The van der Waals surface area contributed by atoms with Gasteiger partial charge in [0.05, 0.1) is 12.7 Å². The molecule has 0 aliphatic carbocycles. The van der Waals surface area contributed by atoms with E-state index in [0.717, 1.165) is 17.3 Å². The van der Waals surface area contributed by atoms with Gasteiger partial charge in [0, 0.05) is 23.6 Å². The van der Waals surface area contributed by atoms with Gasteiger partial charge in [-0.05, 0) is 28.8 Å². The van der Waals surface area contributed by atoms with Crippen LogP contribution < -0.4 is 5.32 Å². The van der Waals surface area contributed by atoms with Gasteiger partial charge >= 0.3 is 5.97 Å². The van der Waals surface area contributed by atoms with Gasteiger partial charge in [0.1, 0.15) is 6.54 Å². The lowest BCUT2D eigenvalue weighted by molar-refractivity contribution is -0.121. The van der Waals surface area contributed by atoms with Crippen molar-refractivity contribution >= 4 is 33.6 Å². The summed E-state index contributed by atoms with van der Waals surface area (Å²) in [6, 6.07) is 22.0. The zero-order valence-electron chi connectivity index (χ0n) is 16.2. The molecule has 1 N–H and O–H groups in total. The molecule has 1 aromatic heterocycles. The van der Waals surface area contributed by atoms with E-state index in [1.807, 2.05) is 42.5 Å². The molecule has 0 aliphatic rings. The Morgan fingerprint density at radius 3 is 2.48 bits per heavy atom. The molecule has 0 aliphatic heterocycles. The van der Waals surface area contributed by atoms with Gasteiger partial charge in [-0.1, -0.05) is 60.7 Å². The summed E-state index contributed by atoms with van der Waals surface area (Å²) >= 11 is 0. The van der Waals surface area contributed by atoms with Crippen molar-refractivity contribution in [3.05, 3.63) is 84.1 Å². The third kappa shape index (κ3) is 3.85. The number of carbonyl (C=O) groups is 2. The maximum atomic E-state index is 12.5. The maximum absolute atomic E-state index is 12.5. The van der Waals surface area contributed by atoms with Gasteiger partial charge in [-0.3, -0.25) is 4.79 Å². The number of benzene rings is 3. The Balaban J connectivity index is 1.44. The van der Waals surface area contributed by atoms with Crippen molar-refractivity contribution in [2.45, 2.75) is 13.0 Å². The van der Waals surface area contributed by atoms with E-state index in [9.17, 15) is 9.59 Å². The number of hydrogen-bond donors (Lipinski definition) is 1. The number of fused-ring (bicyclic) bond motifs is 2. The summed E-state index contributed by atoms with van der Waals surface area (Å²) in [6.45, 7) is 0.697. The summed E-state index contributed by atoms with van der Waals surface area (Å²) in [4.78, 5) is 24.5. The summed E-state index contributed by atoms with van der Waals surface area (Å²) in [5, 5.41) is 6.18. The summed E-state index contributed by atoms with van der Waals surface area (Å²) < 4.78 is 6.65. The lowest BCUT2D eigenvalue weighted by Gasteiger charge is -2.09. The van der Waals surface area contributed by atoms with Crippen LogP contribution in [0.2, 0.25) is 0 Å². The van der Waals surface area contributed by atoms with Gasteiger partial charge in [0.2, 0.25) is 5.91 Å². The molecule has 0 atom stereocenters. The van der Waals surface area contributed by atoms with E-state index in [-0.39, 0.29) is 12.5 Å². The van der Waals surface area contributed by atoms with Crippen molar-refractivity contribution in [2.24, 2.45) is 0 Å². The number of para-hydroxylation sites is 1. The molecule has 5 heteroatoms. The van der Waals surface area contributed by atoms with Crippen LogP contribution in [0, 0.1) is 0 Å². The summed E-state index contributed by atoms with van der Waals surface area (Å²) in [7, 11) is 1.36. The highest BCUT2D eigenvalue weighted by Crippen LogP contribution is 2.22. The number of amides is 1. The molecule has 0 bridgehead atoms. The van der Waals surface area contributed by atoms with E-state index in [2.05, 4.69) is 29.6 Å². The van der Waals surface area contributed by atoms with Crippen LogP contribution in [0.3, 0.4) is 0 Å². The molecule has 5 nitrogen and oxygen atoms in total. The fourth-order valence-corrected chi connectivity index (χ4v) is 3.71. The van der Waals surface area contributed by atoms with Crippen LogP contribution in [0.5, 0.6) is 0 Å². The van der Waals surface area contributed by atoms with E-state index < -0.39 is 5.97 Å². The first-order valence-electron chi connectivity index (χ1n) is 9.57. The van der Waals surface area contributed by atoms with Crippen LogP contribution in [-0.2, 0) is 22.5 Å². The van der Waals surface area contributed by atoms with Crippen LogP contribution in [0.1, 0.15) is 15.9 Å². The Hall–Kier alpha value is -3.60. The lowest BCUT2D eigenvalue weighted by atomic mass is 10.0. The van der Waals surface area contributed by atoms with Crippen molar-refractivity contribution < 1.29 is 14.3 Å². The fraction of sp³-hybridized carbons (Fsp3) is 0.167. The van der Waals surface area contributed by atoms with Crippen LogP contribution in [0.15, 0.2) is 72.9 Å². The summed E-state index contributed by atoms with van der Waals surface area (Å²) in [5.41, 5.74) is 2.51. The minimum absolute atomic E-state index is 0.0950. The van der Waals surface area contributed by atoms with Crippen LogP contribution in [-0.4, -0.2) is 30.1 Å². The number of nitrogens with one attached hydrogen (secondary N) is 1.